The van der Waals surface area contributed by atoms with Gasteiger partial charge in [-0.2, -0.15) is 0 Å². The Morgan fingerprint density at radius 2 is 2.10 bits per heavy atom. The van der Waals surface area contributed by atoms with Crippen molar-refractivity contribution in [2.24, 2.45) is 4.99 Å². The van der Waals surface area contributed by atoms with E-state index in [9.17, 15) is 9.59 Å². The zero-order valence-corrected chi connectivity index (χ0v) is 19.5. The van der Waals surface area contributed by atoms with Crippen molar-refractivity contribution in [3.05, 3.63) is 39.6 Å². The normalized spacial score (nSPS) is 14.3. The molecule has 1 aliphatic heterocycles. The van der Waals surface area contributed by atoms with Crippen LogP contribution in [0.25, 0.3) is 0 Å². The second kappa shape index (κ2) is 10.5. The van der Waals surface area contributed by atoms with Crippen molar-refractivity contribution in [1.29, 1.82) is 0 Å². The van der Waals surface area contributed by atoms with Gasteiger partial charge in [0.1, 0.15) is 0 Å². The minimum Gasteiger partial charge on any atom is -0.342 e. The lowest BCUT2D eigenvalue weighted by Gasteiger charge is -2.15. The number of hydrogen-bond donors (Lipinski definition) is 2. The molecule has 2 aromatic rings. The third-order valence-corrected chi connectivity index (χ3v) is 6.74. The van der Waals surface area contributed by atoms with E-state index in [-0.39, 0.29) is 17.6 Å². The van der Waals surface area contributed by atoms with Gasteiger partial charge < -0.3 is 15.2 Å². The summed E-state index contributed by atoms with van der Waals surface area (Å²) in [5.74, 6) is 1.25. The highest BCUT2D eigenvalue weighted by Gasteiger charge is 2.21. The van der Waals surface area contributed by atoms with E-state index in [0.717, 1.165) is 12.3 Å². The maximum atomic E-state index is 12.5. The molecule has 1 aromatic heterocycles. The van der Waals surface area contributed by atoms with Crippen LogP contribution in [0.1, 0.15) is 36.1 Å². The van der Waals surface area contributed by atoms with E-state index < -0.39 is 6.04 Å². The minimum atomic E-state index is -0.396. The molecule has 8 nitrogen and oxygen atoms in total. The third kappa shape index (κ3) is 5.69. The zero-order chi connectivity index (χ0) is 21.7. The van der Waals surface area contributed by atoms with Gasteiger partial charge in [0, 0.05) is 17.9 Å². The lowest BCUT2D eigenvalue weighted by Crippen LogP contribution is -2.29. The first-order valence-electron chi connectivity index (χ1n) is 9.18. The van der Waals surface area contributed by atoms with Crippen LogP contribution in [0.4, 0.5) is 0 Å². The maximum absolute atomic E-state index is 12.5. The minimum absolute atomic E-state index is 0.138. The molecule has 1 atom stereocenters. The Morgan fingerprint density at radius 1 is 1.30 bits per heavy atom. The van der Waals surface area contributed by atoms with Crippen LogP contribution >= 0.6 is 46.7 Å². The topological polar surface area (TPSA) is 101 Å². The second-order valence-corrected chi connectivity index (χ2v) is 9.12. The summed E-state index contributed by atoms with van der Waals surface area (Å²) < 4.78 is 1.87. The lowest BCUT2D eigenvalue weighted by atomic mass is 10.2. The van der Waals surface area contributed by atoms with Crippen LogP contribution in [0.5, 0.6) is 0 Å². The summed E-state index contributed by atoms with van der Waals surface area (Å²) in [7, 11) is 0. The molecule has 2 N–H and O–H groups in total. The number of hydrogen-bond acceptors (Lipinski definition) is 7. The Morgan fingerprint density at radius 3 is 2.77 bits per heavy atom. The van der Waals surface area contributed by atoms with Gasteiger partial charge in [-0.15, -0.1) is 10.2 Å². The fourth-order valence-electron chi connectivity index (χ4n) is 2.70. The van der Waals surface area contributed by atoms with E-state index >= 15 is 0 Å². The molecule has 2 heterocycles. The highest BCUT2D eigenvalue weighted by molar-refractivity contribution is 8.14. The molecule has 160 valence electrons. The first-order chi connectivity index (χ1) is 14.4. The summed E-state index contributed by atoms with van der Waals surface area (Å²) in [6.45, 7) is 5.10. The van der Waals surface area contributed by atoms with E-state index in [0.29, 0.717) is 38.3 Å². The molecular formula is C18H20Cl2N6O2S2. The van der Waals surface area contributed by atoms with Gasteiger partial charge >= 0.3 is 0 Å². The summed E-state index contributed by atoms with van der Waals surface area (Å²) in [4.78, 5) is 28.8. The number of aromatic nitrogens is 3. The Hall–Kier alpha value is -1.75. The Kier molecular flexibility index (Phi) is 8.04. The SMILES string of the molecule is CCn1c(SCC(=O)NC2=NCCS2)nnc1[C@H](C)NC(=O)c1ccc(Cl)c(Cl)c1. The summed E-state index contributed by atoms with van der Waals surface area (Å²) in [6, 6.07) is 4.30. The number of nitrogens with one attached hydrogen (secondary N) is 2. The molecule has 0 unspecified atom stereocenters. The molecule has 0 bridgehead atoms. The lowest BCUT2D eigenvalue weighted by molar-refractivity contribution is -0.117. The first-order valence-corrected chi connectivity index (χ1v) is 11.9. The number of amidine groups is 1. The van der Waals surface area contributed by atoms with Crippen LogP contribution in [0, 0.1) is 0 Å². The number of rotatable bonds is 7. The molecule has 1 aliphatic rings. The molecule has 3 rings (SSSR count). The fraction of sp³-hybridized carbons (Fsp3) is 0.389. The average Bonchev–Trinajstić information content (AvgIpc) is 3.37. The van der Waals surface area contributed by atoms with Crippen LogP contribution in [0.15, 0.2) is 28.3 Å². The number of benzene rings is 1. The van der Waals surface area contributed by atoms with E-state index in [1.165, 1.54) is 29.6 Å². The molecule has 2 amide bonds. The highest BCUT2D eigenvalue weighted by atomic mass is 35.5. The third-order valence-electron chi connectivity index (χ3n) is 4.14. The van der Waals surface area contributed by atoms with Gasteiger partial charge in [-0.05, 0) is 32.0 Å². The molecule has 0 aliphatic carbocycles. The van der Waals surface area contributed by atoms with Crippen LogP contribution in [-0.2, 0) is 11.3 Å². The smallest absolute Gasteiger partial charge is 0.251 e. The molecule has 0 saturated carbocycles. The number of nitrogens with zero attached hydrogens (tertiary/aromatic N) is 4. The molecule has 30 heavy (non-hydrogen) atoms. The summed E-state index contributed by atoms with van der Waals surface area (Å²) in [6.07, 6.45) is 0. The van der Waals surface area contributed by atoms with E-state index in [4.69, 9.17) is 23.2 Å². The van der Waals surface area contributed by atoms with Gasteiger partial charge in [0.2, 0.25) is 5.91 Å². The predicted octanol–water partition coefficient (Wildman–Crippen LogP) is 3.41. The monoisotopic (exact) mass is 486 g/mol. The molecule has 0 spiro atoms. The highest BCUT2D eigenvalue weighted by Crippen LogP contribution is 2.24. The zero-order valence-electron chi connectivity index (χ0n) is 16.3. The Labute approximate surface area is 192 Å². The van der Waals surface area contributed by atoms with Gasteiger partial charge in [0.15, 0.2) is 16.1 Å². The standard InChI is InChI=1S/C18H20Cl2N6O2S2/c1-3-26-15(10(2)22-16(28)11-4-5-12(19)13(20)8-11)24-25-18(26)30-9-14(27)23-17-21-6-7-29-17/h4-5,8,10H,3,6-7,9H2,1-2H3,(H,22,28)(H,21,23,27)/t10-/m0/s1. The van der Waals surface area contributed by atoms with Crippen molar-refractivity contribution >= 4 is 63.7 Å². The van der Waals surface area contributed by atoms with Crippen molar-refractivity contribution in [2.45, 2.75) is 31.6 Å². The molecule has 12 heteroatoms. The number of amides is 2. The quantitative estimate of drug-likeness (QED) is 0.581. The number of carbonyl (C=O) groups excluding carboxylic acids is 2. The predicted molar refractivity (Wildman–Crippen MR) is 122 cm³/mol. The fourth-order valence-corrected chi connectivity index (χ4v) is 4.55. The second-order valence-electron chi connectivity index (χ2n) is 6.28. The van der Waals surface area contributed by atoms with Crippen molar-refractivity contribution < 1.29 is 9.59 Å². The van der Waals surface area contributed by atoms with Gasteiger partial charge in [0.25, 0.3) is 5.91 Å². The summed E-state index contributed by atoms with van der Waals surface area (Å²) in [5.41, 5.74) is 0.401. The van der Waals surface area contributed by atoms with Gasteiger partial charge in [-0.1, -0.05) is 46.7 Å². The number of carbonyl (C=O) groups is 2. The number of thioether (sulfide) groups is 2. The first kappa shape index (κ1) is 22.9. The largest absolute Gasteiger partial charge is 0.342 e. The van der Waals surface area contributed by atoms with E-state index in [1.807, 2.05) is 18.4 Å². The molecule has 0 fully saturated rings. The van der Waals surface area contributed by atoms with Crippen LogP contribution in [-0.4, -0.2) is 49.8 Å². The van der Waals surface area contributed by atoms with Gasteiger partial charge in [-0.25, -0.2) is 0 Å². The van der Waals surface area contributed by atoms with Gasteiger partial charge in [0.05, 0.1) is 28.4 Å². The van der Waals surface area contributed by atoms with Crippen LogP contribution in [0.3, 0.4) is 0 Å². The van der Waals surface area contributed by atoms with E-state index in [1.54, 1.807) is 12.1 Å². The maximum Gasteiger partial charge on any atom is 0.251 e. The van der Waals surface area contributed by atoms with E-state index in [2.05, 4.69) is 25.8 Å². The summed E-state index contributed by atoms with van der Waals surface area (Å²) in [5, 5.41) is 16.1. The van der Waals surface area contributed by atoms with Crippen LogP contribution in [0.2, 0.25) is 10.0 Å². The Bertz CT molecular complexity index is 982. The molecule has 0 radical (unpaired) electrons. The van der Waals surface area contributed by atoms with Crippen molar-refractivity contribution in [1.82, 2.24) is 25.4 Å². The van der Waals surface area contributed by atoms with Gasteiger partial charge in [-0.3, -0.25) is 14.6 Å². The number of aliphatic imine (C=N–C) groups is 1. The Balaban J connectivity index is 1.62. The van der Waals surface area contributed by atoms with Crippen molar-refractivity contribution in [3.8, 4) is 0 Å². The van der Waals surface area contributed by atoms with Crippen molar-refractivity contribution in [2.75, 3.05) is 18.1 Å². The molecule has 1 aromatic carbocycles. The molecule has 0 saturated heterocycles. The molecular weight excluding hydrogens is 467 g/mol. The average molecular weight is 487 g/mol. The summed E-state index contributed by atoms with van der Waals surface area (Å²) >= 11 is 14.7. The van der Waals surface area contributed by atoms with Crippen molar-refractivity contribution in [3.63, 3.8) is 0 Å². The van der Waals surface area contributed by atoms with Crippen LogP contribution < -0.4 is 10.6 Å². The number of halogens is 2.